The topological polar surface area (TPSA) is 98.7 Å². The minimum absolute atomic E-state index is 0.238. The van der Waals surface area contributed by atoms with Crippen LogP contribution in [0.5, 0.6) is 0 Å². The van der Waals surface area contributed by atoms with Crippen LogP contribution < -0.4 is 15.5 Å². The molecular weight excluding hydrogens is 569 g/mol. The molecule has 0 spiro atoms. The van der Waals surface area contributed by atoms with Gasteiger partial charge in [0.2, 0.25) is 6.17 Å². The van der Waals surface area contributed by atoms with Gasteiger partial charge in [-0.3, -0.25) is 9.69 Å². The van der Waals surface area contributed by atoms with Gasteiger partial charge in [0.05, 0.1) is 13.1 Å². The van der Waals surface area contributed by atoms with Gasteiger partial charge < -0.3 is 15.7 Å². The van der Waals surface area contributed by atoms with Gasteiger partial charge in [-0.25, -0.2) is 14.0 Å². The number of benzene rings is 4. The Morgan fingerprint density at radius 3 is 2.20 bits per heavy atom. The number of carbonyl (C=O) groups excluding carboxylic acids is 2. The summed E-state index contributed by atoms with van der Waals surface area (Å²) in [4.78, 5) is 38.6. The van der Waals surface area contributed by atoms with Crippen LogP contribution in [0.2, 0.25) is 0 Å². The summed E-state index contributed by atoms with van der Waals surface area (Å²) in [6.45, 7) is -0.0533. The summed E-state index contributed by atoms with van der Waals surface area (Å²) >= 11 is 0. The molecule has 0 saturated carbocycles. The number of urea groups is 1. The van der Waals surface area contributed by atoms with Crippen LogP contribution in [0.1, 0.15) is 52.7 Å². The molecule has 45 heavy (non-hydrogen) atoms. The zero-order valence-electron chi connectivity index (χ0n) is 24.9. The fourth-order valence-electron chi connectivity index (χ4n) is 5.39. The Balaban J connectivity index is 1.34. The van der Waals surface area contributed by atoms with Gasteiger partial charge >= 0.3 is 12.0 Å². The normalized spacial score (nSPS) is 13.3. The Morgan fingerprint density at radius 2 is 1.51 bits per heavy atom. The lowest BCUT2D eigenvalue weighted by Crippen LogP contribution is -2.39. The van der Waals surface area contributed by atoms with Crippen molar-refractivity contribution in [1.29, 1.82) is 0 Å². The molecule has 0 aliphatic heterocycles. The van der Waals surface area contributed by atoms with Gasteiger partial charge in [-0.2, -0.15) is 0 Å². The third-order valence-corrected chi connectivity index (χ3v) is 7.88. The number of nitrogens with one attached hydrogen (secondary N) is 2. The van der Waals surface area contributed by atoms with E-state index in [2.05, 4.69) is 28.8 Å². The lowest BCUT2D eigenvalue weighted by atomic mass is 9.93. The third kappa shape index (κ3) is 8.23. The van der Waals surface area contributed by atoms with E-state index in [1.54, 1.807) is 29.2 Å². The van der Waals surface area contributed by atoms with E-state index in [1.165, 1.54) is 18.4 Å². The quantitative estimate of drug-likeness (QED) is 0.166. The summed E-state index contributed by atoms with van der Waals surface area (Å²) in [5.41, 5.74) is 7.36. The van der Waals surface area contributed by atoms with Crippen molar-refractivity contribution in [3.8, 4) is 11.1 Å². The van der Waals surface area contributed by atoms with E-state index in [0.717, 1.165) is 46.3 Å². The minimum atomic E-state index is -2.18. The zero-order valence-corrected chi connectivity index (χ0v) is 24.9. The Labute approximate surface area is 262 Å². The van der Waals surface area contributed by atoms with Crippen LogP contribution in [-0.4, -0.2) is 35.7 Å². The second-order valence-corrected chi connectivity index (χ2v) is 11.0. The Hall–Kier alpha value is -5.24. The van der Waals surface area contributed by atoms with E-state index in [0.29, 0.717) is 6.54 Å². The molecule has 1 atom stereocenters. The van der Waals surface area contributed by atoms with Crippen LogP contribution in [0, 0.1) is 0 Å². The maximum atomic E-state index is 13.8. The fourth-order valence-corrected chi connectivity index (χ4v) is 5.39. The van der Waals surface area contributed by atoms with Crippen molar-refractivity contribution in [1.82, 2.24) is 10.6 Å². The lowest BCUT2D eigenvalue weighted by Gasteiger charge is -2.24. The number of nitrogens with zero attached hydrogens (tertiary/aromatic N) is 1. The molecule has 1 unspecified atom stereocenters. The lowest BCUT2D eigenvalue weighted by molar-refractivity contribution is -0.142. The number of carbonyl (C=O) groups is 3. The van der Waals surface area contributed by atoms with Crippen LogP contribution in [0.4, 0.5) is 14.9 Å². The number of halogens is 1. The molecule has 7 nitrogen and oxygen atoms in total. The second-order valence-electron chi connectivity index (χ2n) is 11.0. The van der Waals surface area contributed by atoms with E-state index in [9.17, 15) is 18.8 Å². The molecule has 0 saturated heterocycles. The van der Waals surface area contributed by atoms with Crippen molar-refractivity contribution in [2.45, 2.75) is 44.9 Å². The van der Waals surface area contributed by atoms with Crippen molar-refractivity contribution in [3.63, 3.8) is 0 Å². The highest BCUT2D eigenvalue weighted by Crippen LogP contribution is 2.29. The van der Waals surface area contributed by atoms with Crippen LogP contribution >= 0.6 is 0 Å². The molecule has 230 valence electrons. The van der Waals surface area contributed by atoms with Crippen LogP contribution in [-0.2, 0) is 17.9 Å². The van der Waals surface area contributed by atoms with Gasteiger partial charge in [0, 0.05) is 17.8 Å². The Morgan fingerprint density at radius 1 is 0.800 bits per heavy atom. The number of hydrogen-bond donors (Lipinski definition) is 3. The largest absolute Gasteiger partial charge is 0.479 e. The number of carboxylic acids is 1. The van der Waals surface area contributed by atoms with Gasteiger partial charge in [0.25, 0.3) is 5.91 Å². The van der Waals surface area contributed by atoms with E-state index < -0.39 is 24.6 Å². The van der Waals surface area contributed by atoms with Crippen molar-refractivity contribution in [2.24, 2.45) is 0 Å². The van der Waals surface area contributed by atoms with E-state index in [4.69, 9.17) is 5.11 Å². The Bertz CT molecular complexity index is 1650. The smallest absolute Gasteiger partial charge is 0.340 e. The standard InChI is InChI=1S/C37H36FN3O4/c38-34(36(43)44)24-39-35(42)30-17-15-26(16-18-30)25-41(32-21-19-28(20-22-32)27-9-3-1-4-10-27)37(45)40-23-31-13-7-8-14-33(31)29-11-5-2-6-12-29/h2,5-9,11-22,34H,1,3-4,10,23-25H2,(H,39,42)(H,40,45)(H,43,44). The molecule has 4 aromatic rings. The summed E-state index contributed by atoms with van der Waals surface area (Å²) < 4.78 is 13.4. The molecule has 4 aromatic carbocycles. The summed E-state index contributed by atoms with van der Waals surface area (Å²) in [5, 5.41) is 14.1. The first kappa shape index (κ1) is 31.2. The molecule has 1 aliphatic carbocycles. The van der Waals surface area contributed by atoms with E-state index in [1.807, 2.05) is 66.7 Å². The maximum Gasteiger partial charge on any atom is 0.340 e. The molecule has 8 heteroatoms. The number of hydrogen-bond acceptors (Lipinski definition) is 3. The molecule has 3 N–H and O–H groups in total. The monoisotopic (exact) mass is 605 g/mol. The number of allylic oxidation sites excluding steroid dienone is 2. The van der Waals surface area contributed by atoms with Crippen molar-refractivity contribution < 1.29 is 23.9 Å². The summed E-state index contributed by atoms with van der Waals surface area (Å²) in [7, 11) is 0. The van der Waals surface area contributed by atoms with Gasteiger partial charge in [-0.15, -0.1) is 0 Å². The minimum Gasteiger partial charge on any atom is -0.479 e. The van der Waals surface area contributed by atoms with Gasteiger partial charge in [0.15, 0.2) is 0 Å². The van der Waals surface area contributed by atoms with Crippen LogP contribution in [0.25, 0.3) is 16.7 Å². The highest BCUT2D eigenvalue weighted by atomic mass is 19.1. The highest BCUT2D eigenvalue weighted by molar-refractivity contribution is 5.95. The number of anilines is 1. The van der Waals surface area contributed by atoms with Crippen molar-refractivity contribution >= 4 is 29.2 Å². The highest BCUT2D eigenvalue weighted by Gasteiger charge is 2.19. The second kappa shape index (κ2) is 15.0. The average Bonchev–Trinajstić information content (AvgIpc) is 3.09. The maximum absolute atomic E-state index is 13.8. The molecule has 0 heterocycles. The number of alkyl halides is 1. The molecule has 0 fully saturated rings. The molecule has 0 radical (unpaired) electrons. The van der Waals surface area contributed by atoms with Gasteiger partial charge in [0.1, 0.15) is 0 Å². The number of aliphatic carboxylic acids is 1. The molecule has 0 bridgehead atoms. The van der Waals surface area contributed by atoms with Crippen molar-refractivity contribution in [2.75, 3.05) is 11.4 Å². The summed E-state index contributed by atoms with van der Waals surface area (Å²) in [6, 6.07) is 32.4. The molecule has 0 aromatic heterocycles. The van der Waals surface area contributed by atoms with Crippen LogP contribution in [0.3, 0.4) is 0 Å². The SMILES string of the molecule is O=C(NCC(F)C(=O)O)c1ccc(CN(C(=O)NCc2ccccc2-c2ccccc2)c2ccc(C3=CCCCC3)cc2)cc1. The van der Waals surface area contributed by atoms with Gasteiger partial charge in [-0.1, -0.05) is 84.9 Å². The van der Waals surface area contributed by atoms with Gasteiger partial charge in [-0.05, 0) is 83.3 Å². The average molecular weight is 606 g/mol. The molecular formula is C37H36FN3O4. The van der Waals surface area contributed by atoms with Crippen molar-refractivity contribution in [3.05, 3.63) is 131 Å². The first-order valence-electron chi connectivity index (χ1n) is 15.1. The number of amides is 3. The number of rotatable bonds is 11. The predicted molar refractivity (Wildman–Crippen MR) is 174 cm³/mol. The first-order chi connectivity index (χ1) is 21.9. The third-order valence-electron chi connectivity index (χ3n) is 7.88. The van der Waals surface area contributed by atoms with Crippen LogP contribution in [0.15, 0.2) is 109 Å². The zero-order chi connectivity index (χ0) is 31.6. The molecule has 5 rings (SSSR count). The summed E-state index contributed by atoms with van der Waals surface area (Å²) in [5.74, 6) is -2.21. The predicted octanol–water partition coefficient (Wildman–Crippen LogP) is 7.38. The summed E-state index contributed by atoms with van der Waals surface area (Å²) in [6.07, 6.45) is 4.63. The molecule has 1 aliphatic rings. The molecule has 3 amide bonds. The first-order valence-corrected chi connectivity index (χ1v) is 15.1. The fraction of sp³-hybridized carbons (Fsp3) is 0.216. The van der Waals surface area contributed by atoms with E-state index >= 15 is 0 Å². The van der Waals surface area contributed by atoms with E-state index in [-0.39, 0.29) is 18.1 Å². The number of carboxylic acid groups (broad SMARTS) is 1. The Kier molecular flexibility index (Phi) is 10.4.